The van der Waals surface area contributed by atoms with Crippen molar-refractivity contribution in [3.63, 3.8) is 0 Å². The number of rotatable bonds is 7. The van der Waals surface area contributed by atoms with Crippen molar-refractivity contribution in [3.8, 4) is 11.5 Å². The smallest absolute Gasteiger partial charge is 0.234 e. The minimum Gasteiger partial charge on any atom is -0.486 e. The molecule has 29 heavy (non-hydrogen) atoms. The third-order valence-corrected chi connectivity index (χ3v) is 4.87. The fourth-order valence-corrected chi connectivity index (χ4v) is 3.38. The van der Waals surface area contributed by atoms with Crippen LogP contribution in [0.15, 0.2) is 71.3 Å². The van der Waals surface area contributed by atoms with Crippen molar-refractivity contribution in [2.45, 2.75) is 19.0 Å². The van der Waals surface area contributed by atoms with Gasteiger partial charge in [0.15, 0.2) is 11.5 Å². The Balaban J connectivity index is 1.38. The SMILES string of the molecule is C[C@@H](NC(=O)CN[C@@H](c1ccccc1)c1ccco1)c1ccc2c(c1)OCCO2. The lowest BCUT2D eigenvalue weighted by Crippen LogP contribution is -2.37. The van der Waals surface area contributed by atoms with Crippen molar-refractivity contribution in [3.05, 3.63) is 83.8 Å². The molecule has 4 rings (SSSR count). The van der Waals surface area contributed by atoms with Gasteiger partial charge in [-0.3, -0.25) is 10.1 Å². The largest absolute Gasteiger partial charge is 0.486 e. The quantitative estimate of drug-likeness (QED) is 0.643. The first-order valence-corrected chi connectivity index (χ1v) is 9.71. The second-order valence-corrected chi connectivity index (χ2v) is 6.93. The van der Waals surface area contributed by atoms with Crippen LogP contribution in [0.3, 0.4) is 0 Å². The van der Waals surface area contributed by atoms with Crippen molar-refractivity contribution in [2.75, 3.05) is 19.8 Å². The standard InChI is InChI=1S/C23H24N2O4/c1-16(18-9-10-19-21(14-18)29-13-12-28-19)25-22(26)15-24-23(20-8-5-11-27-20)17-6-3-2-4-7-17/h2-11,14,16,23-24H,12-13,15H2,1H3,(H,25,26)/t16-,23+/m1/s1. The van der Waals surface area contributed by atoms with Gasteiger partial charge in [-0.2, -0.15) is 0 Å². The van der Waals surface area contributed by atoms with E-state index in [0.717, 1.165) is 28.4 Å². The number of fused-ring (bicyclic) bond motifs is 1. The summed E-state index contributed by atoms with van der Waals surface area (Å²) in [7, 11) is 0. The Morgan fingerprint density at radius 1 is 0.966 bits per heavy atom. The molecule has 0 spiro atoms. The van der Waals surface area contributed by atoms with Gasteiger partial charge in [0.2, 0.25) is 5.91 Å². The molecule has 6 heteroatoms. The summed E-state index contributed by atoms with van der Waals surface area (Å²) < 4.78 is 16.7. The number of ether oxygens (including phenoxy) is 2. The highest BCUT2D eigenvalue weighted by Gasteiger charge is 2.19. The lowest BCUT2D eigenvalue weighted by molar-refractivity contribution is -0.121. The topological polar surface area (TPSA) is 72.7 Å². The highest BCUT2D eigenvalue weighted by molar-refractivity contribution is 5.78. The van der Waals surface area contributed by atoms with Crippen LogP contribution in [0.25, 0.3) is 0 Å². The van der Waals surface area contributed by atoms with E-state index in [4.69, 9.17) is 13.9 Å². The number of amides is 1. The molecule has 2 aromatic carbocycles. The van der Waals surface area contributed by atoms with Crippen molar-refractivity contribution in [1.29, 1.82) is 0 Å². The zero-order chi connectivity index (χ0) is 20.1. The van der Waals surface area contributed by atoms with Crippen molar-refractivity contribution in [1.82, 2.24) is 10.6 Å². The Bertz CT molecular complexity index is 941. The van der Waals surface area contributed by atoms with E-state index in [1.54, 1.807) is 6.26 Å². The summed E-state index contributed by atoms with van der Waals surface area (Å²) in [6, 6.07) is 19.1. The molecule has 1 aromatic heterocycles. The van der Waals surface area contributed by atoms with E-state index >= 15 is 0 Å². The summed E-state index contributed by atoms with van der Waals surface area (Å²) in [5.74, 6) is 2.13. The van der Waals surface area contributed by atoms with Gasteiger partial charge in [-0.25, -0.2) is 0 Å². The third-order valence-electron chi connectivity index (χ3n) is 4.87. The first-order valence-electron chi connectivity index (χ1n) is 9.71. The van der Waals surface area contributed by atoms with Gasteiger partial charge in [-0.15, -0.1) is 0 Å². The van der Waals surface area contributed by atoms with E-state index in [2.05, 4.69) is 10.6 Å². The maximum Gasteiger partial charge on any atom is 0.234 e. The van der Waals surface area contributed by atoms with Crippen molar-refractivity contribution >= 4 is 5.91 Å². The monoisotopic (exact) mass is 392 g/mol. The zero-order valence-corrected chi connectivity index (χ0v) is 16.3. The average Bonchev–Trinajstić information content (AvgIpc) is 3.29. The number of carbonyl (C=O) groups is 1. The van der Waals surface area contributed by atoms with Crippen LogP contribution in [0.5, 0.6) is 11.5 Å². The van der Waals surface area contributed by atoms with Crippen molar-refractivity contribution in [2.24, 2.45) is 0 Å². The molecule has 3 aromatic rings. The Morgan fingerprint density at radius 2 is 1.76 bits per heavy atom. The molecule has 2 atom stereocenters. The molecular weight excluding hydrogens is 368 g/mol. The summed E-state index contributed by atoms with van der Waals surface area (Å²) >= 11 is 0. The lowest BCUT2D eigenvalue weighted by Gasteiger charge is -2.22. The van der Waals surface area contributed by atoms with E-state index in [0.29, 0.717) is 13.2 Å². The summed E-state index contributed by atoms with van der Waals surface area (Å²) in [5.41, 5.74) is 2.00. The van der Waals surface area contributed by atoms with Gasteiger partial charge < -0.3 is 19.2 Å². The third kappa shape index (κ3) is 4.60. The molecule has 0 aliphatic carbocycles. The number of carbonyl (C=O) groups excluding carboxylic acids is 1. The first-order chi connectivity index (χ1) is 14.2. The van der Waals surface area contributed by atoms with E-state index in [-0.39, 0.29) is 24.5 Å². The molecule has 1 aliphatic rings. The van der Waals surface area contributed by atoms with Crippen LogP contribution in [0.1, 0.15) is 35.9 Å². The fourth-order valence-electron chi connectivity index (χ4n) is 3.38. The summed E-state index contributed by atoms with van der Waals surface area (Å²) in [6.45, 7) is 3.21. The lowest BCUT2D eigenvalue weighted by atomic mass is 10.0. The maximum absolute atomic E-state index is 12.6. The normalized spacial score (nSPS) is 14.8. The fraction of sp³-hybridized carbons (Fsp3) is 0.261. The minimum absolute atomic E-state index is 0.0973. The van der Waals surface area contributed by atoms with Gasteiger partial charge in [0, 0.05) is 0 Å². The molecule has 0 unspecified atom stereocenters. The molecule has 6 nitrogen and oxygen atoms in total. The number of hydrogen-bond donors (Lipinski definition) is 2. The zero-order valence-electron chi connectivity index (χ0n) is 16.3. The van der Waals surface area contributed by atoms with E-state index in [1.807, 2.05) is 67.6 Å². The molecule has 1 amide bonds. The molecule has 0 radical (unpaired) electrons. The molecule has 0 bridgehead atoms. The number of furan rings is 1. The second kappa shape index (κ2) is 8.84. The van der Waals surface area contributed by atoms with Gasteiger partial charge in [-0.1, -0.05) is 36.4 Å². The Morgan fingerprint density at radius 3 is 2.52 bits per heavy atom. The summed E-state index contributed by atoms with van der Waals surface area (Å²) in [6.07, 6.45) is 1.64. The molecule has 2 N–H and O–H groups in total. The minimum atomic E-state index is -0.193. The summed E-state index contributed by atoms with van der Waals surface area (Å²) in [5, 5.41) is 6.32. The van der Waals surface area contributed by atoms with Crippen LogP contribution in [0.2, 0.25) is 0 Å². The summed E-state index contributed by atoms with van der Waals surface area (Å²) in [4.78, 5) is 12.6. The highest BCUT2D eigenvalue weighted by atomic mass is 16.6. The maximum atomic E-state index is 12.6. The molecule has 2 heterocycles. The van der Waals surface area contributed by atoms with Crippen LogP contribution in [0.4, 0.5) is 0 Å². The molecule has 0 saturated heterocycles. The first kappa shape index (κ1) is 19.1. The van der Waals surface area contributed by atoms with Crippen LogP contribution in [0, 0.1) is 0 Å². The van der Waals surface area contributed by atoms with Crippen LogP contribution in [-0.2, 0) is 4.79 Å². The second-order valence-electron chi connectivity index (χ2n) is 6.93. The molecule has 150 valence electrons. The predicted molar refractivity (Wildman–Crippen MR) is 109 cm³/mol. The Hall–Kier alpha value is -3.25. The molecule has 0 saturated carbocycles. The van der Waals surface area contributed by atoms with Gasteiger partial charge in [-0.05, 0) is 42.3 Å². The van der Waals surface area contributed by atoms with Gasteiger partial charge >= 0.3 is 0 Å². The van der Waals surface area contributed by atoms with Crippen LogP contribution < -0.4 is 20.1 Å². The Labute approximate surface area is 169 Å². The predicted octanol–water partition coefficient (Wildman–Crippen LogP) is 3.61. The van der Waals surface area contributed by atoms with E-state index < -0.39 is 0 Å². The van der Waals surface area contributed by atoms with Gasteiger partial charge in [0.25, 0.3) is 0 Å². The van der Waals surface area contributed by atoms with E-state index in [1.165, 1.54) is 0 Å². The number of nitrogens with one attached hydrogen (secondary N) is 2. The Kier molecular flexibility index (Phi) is 5.81. The van der Waals surface area contributed by atoms with Gasteiger partial charge in [0.05, 0.1) is 24.9 Å². The van der Waals surface area contributed by atoms with Crippen LogP contribution in [-0.4, -0.2) is 25.7 Å². The molecule has 1 aliphatic heterocycles. The van der Waals surface area contributed by atoms with E-state index in [9.17, 15) is 4.79 Å². The highest BCUT2D eigenvalue weighted by Crippen LogP contribution is 2.32. The average molecular weight is 392 g/mol. The van der Waals surface area contributed by atoms with Crippen molar-refractivity contribution < 1.29 is 18.7 Å². The number of benzene rings is 2. The van der Waals surface area contributed by atoms with Crippen LogP contribution >= 0.6 is 0 Å². The molecule has 0 fully saturated rings. The van der Waals surface area contributed by atoms with Gasteiger partial charge in [0.1, 0.15) is 19.0 Å². The molecular formula is C23H24N2O4. The number of hydrogen-bond acceptors (Lipinski definition) is 5.